The number of nitrogens with one attached hydrogen (secondary N) is 1. The number of nitrogens with zero attached hydrogens (tertiary/aromatic N) is 5. The van der Waals surface area contributed by atoms with Gasteiger partial charge in [-0.15, -0.1) is 0 Å². The van der Waals surface area contributed by atoms with Gasteiger partial charge in [-0.05, 0) is 43.9 Å². The van der Waals surface area contributed by atoms with Gasteiger partial charge < -0.3 is 10.1 Å². The van der Waals surface area contributed by atoms with E-state index in [4.69, 9.17) is 4.74 Å². The summed E-state index contributed by atoms with van der Waals surface area (Å²) in [6.07, 6.45) is 4.42. The van der Waals surface area contributed by atoms with Crippen molar-refractivity contribution in [3.05, 3.63) is 54.5 Å². The van der Waals surface area contributed by atoms with Gasteiger partial charge in [-0.1, -0.05) is 0 Å². The molecule has 0 unspecified atom stereocenters. The number of pyridine rings is 1. The molecule has 168 valence electrons. The number of amides is 1. The Hall–Kier alpha value is -3.34. The quantitative estimate of drug-likeness (QED) is 0.645. The van der Waals surface area contributed by atoms with Crippen molar-refractivity contribution in [3.63, 3.8) is 0 Å². The molecule has 32 heavy (non-hydrogen) atoms. The van der Waals surface area contributed by atoms with Crippen molar-refractivity contribution in [2.75, 3.05) is 7.11 Å². The highest BCUT2D eigenvalue weighted by molar-refractivity contribution is 5.93. The molecular formula is C21H21F3N6O2. The molecule has 3 aromatic rings. The number of ether oxygens (including phenoxy) is 1. The maximum atomic E-state index is 13.1. The first-order chi connectivity index (χ1) is 15.3. The van der Waals surface area contributed by atoms with Crippen LogP contribution < -0.4 is 5.32 Å². The Morgan fingerprint density at radius 2 is 1.94 bits per heavy atom. The molecule has 0 aromatic carbocycles. The first kappa shape index (κ1) is 21.9. The number of methoxy groups -OCH3 is 1. The van der Waals surface area contributed by atoms with Gasteiger partial charge in [-0.25, -0.2) is 15.0 Å². The van der Waals surface area contributed by atoms with E-state index in [0.29, 0.717) is 0 Å². The summed E-state index contributed by atoms with van der Waals surface area (Å²) in [7, 11) is 1.67. The highest BCUT2D eigenvalue weighted by Crippen LogP contribution is 2.30. The predicted octanol–water partition coefficient (Wildman–Crippen LogP) is 3.43. The summed E-state index contributed by atoms with van der Waals surface area (Å²) in [5.41, 5.74) is -0.646. The first-order valence-corrected chi connectivity index (χ1v) is 10.1. The highest BCUT2D eigenvalue weighted by atomic mass is 19.4. The average Bonchev–Trinajstić information content (AvgIpc) is 3.34. The molecule has 0 saturated heterocycles. The number of imidazole rings is 1. The molecule has 0 bridgehead atoms. The summed E-state index contributed by atoms with van der Waals surface area (Å²) in [4.78, 5) is 28.9. The molecule has 0 aliphatic heterocycles. The minimum Gasteiger partial charge on any atom is -0.381 e. The van der Waals surface area contributed by atoms with Crippen LogP contribution in [-0.4, -0.2) is 49.7 Å². The lowest BCUT2D eigenvalue weighted by molar-refractivity contribution is -0.141. The molecule has 3 heterocycles. The van der Waals surface area contributed by atoms with E-state index in [2.05, 4.69) is 25.3 Å². The summed E-state index contributed by atoms with van der Waals surface area (Å²) in [6.45, 7) is 0. The van der Waals surface area contributed by atoms with Crippen LogP contribution in [-0.2, 0) is 10.9 Å². The SMILES string of the molecule is COC1CCC(NC(=O)c2cc(-c3ccnc(C(F)(F)F)c3)nc(-n3ccnc3)n2)CC1. The molecule has 0 radical (unpaired) electrons. The normalized spacial score (nSPS) is 19.0. The van der Waals surface area contributed by atoms with Crippen molar-refractivity contribution >= 4 is 5.91 Å². The molecule has 3 aromatic heterocycles. The summed E-state index contributed by atoms with van der Waals surface area (Å²) < 4.78 is 46.2. The number of hydrogen-bond donors (Lipinski definition) is 1. The molecular weight excluding hydrogens is 425 g/mol. The standard InChI is InChI=1S/C21H21F3N6O2/c1-32-15-4-2-14(3-5-15)27-19(31)17-11-16(28-20(29-17)30-9-8-25-12-30)13-6-7-26-18(10-13)21(22,23)24/h6-12,14-15H,2-5H2,1H3,(H,27,31). The summed E-state index contributed by atoms with van der Waals surface area (Å²) in [5.74, 6) is -0.292. The molecule has 11 heteroatoms. The van der Waals surface area contributed by atoms with Crippen LogP contribution >= 0.6 is 0 Å². The van der Waals surface area contributed by atoms with Gasteiger partial charge in [0.2, 0.25) is 5.95 Å². The zero-order valence-corrected chi connectivity index (χ0v) is 17.2. The average molecular weight is 446 g/mol. The summed E-state index contributed by atoms with van der Waals surface area (Å²) >= 11 is 0. The fourth-order valence-corrected chi connectivity index (χ4v) is 3.64. The largest absolute Gasteiger partial charge is 0.433 e. The lowest BCUT2D eigenvalue weighted by Crippen LogP contribution is -2.39. The molecule has 0 atom stereocenters. The van der Waals surface area contributed by atoms with Crippen LogP contribution in [0.1, 0.15) is 41.9 Å². The van der Waals surface area contributed by atoms with Crippen molar-refractivity contribution in [2.45, 2.75) is 44.0 Å². The van der Waals surface area contributed by atoms with Crippen LogP contribution in [0.25, 0.3) is 17.2 Å². The van der Waals surface area contributed by atoms with E-state index in [0.717, 1.165) is 37.9 Å². The van der Waals surface area contributed by atoms with Crippen molar-refractivity contribution in [1.82, 2.24) is 29.8 Å². The minimum absolute atomic E-state index is 0.0261. The number of carbonyl (C=O) groups excluding carboxylic acids is 1. The van der Waals surface area contributed by atoms with Crippen molar-refractivity contribution in [2.24, 2.45) is 0 Å². The Bertz CT molecular complexity index is 1080. The second-order valence-corrected chi connectivity index (χ2v) is 7.52. The van der Waals surface area contributed by atoms with Crippen LogP contribution in [0.15, 0.2) is 43.1 Å². The lowest BCUT2D eigenvalue weighted by Gasteiger charge is -2.28. The second-order valence-electron chi connectivity index (χ2n) is 7.52. The smallest absolute Gasteiger partial charge is 0.381 e. The van der Waals surface area contributed by atoms with Crippen molar-refractivity contribution < 1.29 is 22.7 Å². The van der Waals surface area contributed by atoms with Crippen LogP contribution in [0.4, 0.5) is 13.2 Å². The molecule has 1 N–H and O–H groups in total. The summed E-state index contributed by atoms with van der Waals surface area (Å²) in [6, 6.07) is 3.66. The number of hydrogen-bond acceptors (Lipinski definition) is 6. The summed E-state index contributed by atoms with van der Waals surface area (Å²) in [5, 5.41) is 2.96. The van der Waals surface area contributed by atoms with Gasteiger partial charge in [-0.2, -0.15) is 13.2 Å². The minimum atomic E-state index is -4.60. The van der Waals surface area contributed by atoms with E-state index in [1.807, 2.05) is 0 Å². The zero-order chi connectivity index (χ0) is 22.7. The highest BCUT2D eigenvalue weighted by Gasteiger charge is 2.32. The number of alkyl halides is 3. The van der Waals surface area contributed by atoms with E-state index in [9.17, 15) is 18.0 Å². The number of aromatic nitrogens is 5. The molecule has 1 amide bonds. The van der Waals surface area contributed by atoms with E-state index < -0.39 is 17.8 Å². The Labute approximate surface area is 181 Å². The monoisotopic (exact) mass is 446 g/mol. The maximum absolute atomic E-state index is 13.1. The van der Waals surface area contributed by atoms with E-state index >= 15 is 0 Å². The van der Waals surface area contributed by atoms with Crippen LogP contribution in [0.2, 0.25) is 0 Å². The fraction of sp³-hybridized carbons (Fsp3) is 0.381. The topological polar surface area (TPSA) is 94.8 Å². The third-order valence-electron chi connectivity index (χ3n) is 5.37. The third kappa shape index (κ3) is 4.93. The van der Waals surface area contributed by atoms with E-state index in [-0.39, 0.29) is 35.0 Å². The van der Waals surface area contributed by atoms with E-state index in [1.54, 1.807) is 13.3 Å². The van der Waals surface area contributed by atoms with Gasteiger partial charge in [0.25, 0.3) is 5.91 Å². The molecule has 1 fully saturated rings. The van der Waals surface area contributed by atoms with Crippen LogP contribution in [0.3, 0.4) is 0 Å². The van der Waals surface area contributed by atoms with Crippen LogP contribution in [0.5, 0.6) is 0 Å². The van der Waals surface area contributed by atoms with Crippen molar-refractivity contribution in [1.29, 1.82) is 0 Å². The maximum Gasteiger partial charge on any atom is 0.433 e. The Morgan fingerprint density at radius 3 is 2.59 bits per heavy atom. The van der Waals surface area contributed by atoms with Gasteiger partial charge in [0.15, 0.2) is 0 Å². The molecule has 1 aliphatic rings. The number of carbonyl (C=O) groups is 1. The van der Waals surface area contributed by atoms with Gasteiger partial charge in [0, 0.05) is 37.3 Å². The fourth-order valence-electron chi connectivity index (χ4n) is 3.64. The van der Waals surface area contributed by atoms with Gasteiger partial charge >= 0.3 is 6.18 Å². The van der Waals surface area contributed by atoms with Crippen molar-refractivity contribution in [3.8, 4) is 17.2 Å². The third-order valence-corrected chi connectivity index (χ3v) is 5.37. The molecule has 8 nitrogen and oxygen atoms in total. The molecule has 4 rings (SSSR count). The Balaban J connectivity index is 1.66. The van der Waals surface area contributed by atoms with Crippen LogP contribution in [0, 0.1) is 0 Å². The number of rotatable bonds is 5. The Morgan fingerprint density at radius 1 is 1.16 bits per heavy atom. The first-order valence-electron chi connectivity index (χ1n) is 10.1. The second kappa shape index (κ2) is 9.03. The van der Waals surface area contributed by atoms with Gasteiger partial charge in [0.05, 0.1) is 11.8 Å². The molecule has 1 aliphatic carbocycles. The van der Waals surface area contributed by atoms with Gasteiger partial charge in [0.1, 0.15) is 17.7 Å². The number of halogens is 3. The molecule has 1 saturated carbocycles. The Kier molecular flexibility index (Phi) is 6.17. The lowest BCUT2D eigenvalue weighted by atomic mass is 9.93. The predicted molar refractivity (Wildman–Crippen MR) is 108 cm³/mol. The van der Waals surface area contributed by atoms with E-state index in [1.165, 1.54) is 29.2 Å². The molecule has 0 spiro atoms. The zero-order valence-electron chi connectivity index (χ0n) is 17.2. The van der Waals surface area contributed by atoms with Gasteiger partial charge in [-0.3, -0.25) is 14.3 Å².